The van der Waals surface area contributed by atoms with E-state index in [1.54, 1.807) is 6.20 Å². The van der Waals surface area contributed by atoms with Crippen LogP contribution in [0.3, 0.4) is 0 Å². The minimum atomic E-state index is 0.739. The molecule has 7 nitrogen and oxygen atoms in total. The highest BCUT2D eigenvalue weighted by Crippen LogP contribution is 2.35. The molecule has 0 amide bonds. The number of nitrogen functional groups attached to an aromatic ring is 1. The highest BCUT2D eigenvalue weighted by molar-refractivity contribution is 5.77. The summed E-state index contributed by atoms with van der Waals surface area (Å²) in [4.78, 5) is 11.4. The second-order valence-corrected chi connectivity index (χ2v) is 7.64. The summed E-state index contributed by atoms with van der Waals surface area (Å²) in [5.74, 6) is 0.919. The van der Waals surface area contributed by atoms with Gasteiger partial charge in [0.1, 0.15) is 5.82 Å². The van der Waals surface area contributed by atoms with Crippen LogP contribution in [-0.2, 0) is 0 Å². The lowest BCUT2D eigenvalue weighted by molar-refractivity contribution is 0.313. The molecule has 0 atom stereocenters. The fourth-order valence-electron chi connectivity index (χ4n) is 3.90. The molecule has 0 bridgehead atoms. The van der Waals surface area contributed by atoms with E-state index in [2.05, 4.69) is 56.1 Å². The van der Waals surface area contributed by atoms with Gasteiger partial charge in [-0.25, -0.2) is 4.98 Å². The van der Waals surface area contributed by atoms with Gasteiger partial charge in [-0.05, 0) is 61.6 Å². The molecule has 0 aliphatic carbocycles. The normalized spacial score (nSPS) is 14.9. The number of nitrogens with zero attached hydrogens (tertiary/aromatic N) is 6. The number of benzene rings is 2. The Balaban J connectivity index is 1.55. The molecule has 0 saturated carbocycles. The average molecular weight is 400 g/mol. The fraction of sp³-hybridized carbons (Fsp3) is 0.217. The van der Waals surface area contributed by atoms with Crippen LogP contribution in [0.25, 0.3) is 5.65 Å². The van der Waals surface area contributed by atoms with Crippen LogP contribution in [0.4, 0.5) is 28.6 Å². The molecular formula is C23H25N7. The third-order valence-corrected chi connectivity index (χ3v) is 5.63. The van der Waals surface area contributed by atoms with Gasteiger partial charge in [-0.2, -0.15) is 9.61 Å². The number of hydrogen-bond acceptors (Lipinski definition) is 6. The molecule has 2 aromatic heterocycles. The topological polar surface area (TPSA) is 65.9 Å². The summed E-state index contributed by atoms with van der Waals surface area (Å²) in [6, 6.07) is 20.5. The van der Waals surface area contributed by atoms with Crippen molar-refractivity contribution >= 4 is 34.2 Å². The van der Waals surface area contributed by atoms with Crippen molar-refractivity contribution in [1.29, 1.82) is 0 Å². The Kier molecular flexibility index (Phi) is 4.72. The molecule has 7 heteroatoms. The van der Waals surface area contributed by atoms with Crippen molar-refractivity contribution in [2.45, 2.75) is 0 Å². The van der Waals surface area contributed by atoms with E-state index in [0.29, 0.717) is 0 Å². The Labute approximate surface area is 176 Å². The molecule has 1 aliphatic rings. The van der Waals surface area contributed by atoms with E-state index in [1.165, 1.54) is 5.69 Å². The maximum absolute atomic E-state index is 5.94. The van der Waals surface area contributed by atoms with Crippen LogP contribution in [0.5, 0.6) is 0 Å². The lowest BCUT2D eigenvalue weighted by Crippen LogP contribution is -2.44. The van der Waals surface area contributed by atoms with Gasteiger partial charge in [0, 0.05) is 61.2 Å². The van der Waals surface area contributed by atoms with Crippen molar-refractivity contribution in [2.75, 3.05) is 48.8 Å². The Bertz CT molecular complexity index is 1130. The maximum atomic E-state index is 5.94. The smallest absolute Gasteiger partial charge is 0.157 e. The van der Waals surface area contributed by atoms with Crippen molar-refractivity contribution in [2.24, 2.45) is 0 Å². The molecule has 1 aliphatic heterocycles. The Morgan fingerprint density at radius 3 is 2.17 bits per heavy atom. The molecule has 0 unspecified atom stereocenters. The number of likely N-dealkylation sites (N-methyl/N-ethyl adjacent to an activating group) is 1. The van der Waals surface area contributed by atoms with E-state index in [1.807, 2.05) is 47.1 Å². The first-order chi connectivity index (χ1) is 14.7. The van der Waals surface area contributed by atoms with Crippen molar-refractivity contribution in [1.82, 2.24) is 19.5 Å². The second kappa shape index (κ2) is 7.68. The minimum Gasteiger partial charge on any atom is -0.399 e. The number of nitrogens with two attached hydrogens (primary N) is 1. The third-order valence-electron chi connectivity index (χ3n) is 5.63. The standard InChI is InChI=1S/C23H25N7/c1-27-14-16-28(17-15-27)19-6-8-21(9-7-19)29(20-4-2-18(24)3-5-20)23-11-12-25-22-10-13-26-30(22)23/h2-13H,14-17,24H2,1H3. The van der Waals surface area contributed by atoms with Gasteiger partial charge in [0.25, 0.3) is 0 Å². The zero-order valence-electron chi connectivity index (χ0n) is 17.0. The number of hydrogen-bond donors (Lipinski definition) is 1. The molecule has 3 heterocycles. The van der Waals surface area contributed by atoms with Gasteiger partial charge >= 0.3 is 0 Å². The maximum Gasteiger partial charge on any atom is 0.157 e. The summed E-state index contributed by atoms with van der Waals surface area (Å²) in [5.41, 5.74) is 10.8. The van der Waals surface area contributed by atoms with Crippen LogP contribution in [0, 0.1) is 0 Å². The van der Waals surface area contributed by atoms with Gasteiger partial charge in [-0.3, -0.25) is 4.90 Å². The number of piperazine rings is 1. The van der Waals surface area contributed by atoms with Crippen LogP contribution < -0.4 is 15.5 Å². The average Bonchev–Trinajstić information content (AvgIpc) is 3.26. The molecule has 152 valence electrons. The predicted molar refractivity (Wildman–Crippen MR) is 122 cm³/mol. The van der Waals surface area contributed by atoms with Gasteiger partial charge in [-0.1, -0.05) is 0 Å². The first kappa shape index (κ1) is 18.4. The van der Waals surface area contributed by atoms with E-state index in [4.69, 9.17) is 5.73 Å². The van der Waals surface area contributed by atoms with E-state index >= 15 is 0 Å². The zero-order chi connectivity index (χ0) is 20.5. The van der Waals surface area contributed by atoms with E-state index < -0.39 is 0 Å². The highest BCUT2D eigenvalue weighted by Gasteiger charge is 2.18. The van der Waals surface area contributed by atoms with E-state index in [9.17, 15) is 0 Å². The summed E-state index contributed by atoms with van der Waals surface area (Å²) in [7, 11) is 2.18. The van der Waals surface area contributed by atoms with Gasteiger partial charge < -0.3 is 15.5 Å². The molecule has 2 N–H and O–H groups in total. The summed E-state index contributed by atoms with van der Waals surface area (Å²) in [6.45, 7) is 4.28. The number of fused-ring (bicyclic) bond motifs is 1. The summed E-state index contributed by atoms with van der Waals surface area (Å²) in [6.07, 6.45) is 3.58. The van der Waals surface area contributed by atoms with Crippen molar-refractivity contribution in [3.05, 3.63) is 73.1 Å². The van der Waals surface area contributed by atoms with Crippen LogP contribution in [0.1, 0.15) is 0 Å². The minimum absolute atomic E-state index is 0.739. The van der Waals surface area contributed by atoms with Crippen molar-refractivity contribution in [3.8, 4) is 0 Å². The van der Waals surface area contributed by atoms with Gasteiger partial charge in [0.05, 0.1) is 6.20 Å². The van der Waals surface area contributed by atoms with Crippen LogP contribution >= 0.6 is 0 Å². The second-order valence-electron chi connectivity index (χ2n) is 7.64. The number of aromatic nitrogens is 3. The van der Waals surface area contributed by atoms with E-state index in [-0.39, 0.29) is 0 Å². The molecule has 5 rings (SSSR count). The largest absolute Gasteiger partial charge is 0.399 e. The summed E-state index contributed by atoms with van der Waals surface area (Å²) in [5, 5.41) is 4.48. The molecule has 2 aromatic carbocycles. The molecule has 1 saturated heterocycles. The monoisotopic (exact) mass is 399 g/mol. The Morgan fingerprint density at radius 1 is 0.800 bits per heavy atom. The number of rotatable bonds is 4. The summed E-state index contributed by atoms with van der Waals surface area (Å²) >= 11 is 0. The van der Waals surface area contributed by atoms with E-state index in [0.717, 1.165) is 54.7 Å². The summed E-state index contributed by atoms with van der Waals surface area (Å²) < 4.78 is 1.85. The highest BCUT2D eigenvalue weighted by atomic mass is 15.3. The molecular weight excluding hydrogens is 374 g/mol. The lowest BCUT2D eigenvalue weighted by atomic mass is 10.2. The quantitative estimate of drug-likeness (QED) is 0.530. The van der Waals surface area contributed by atoms with Crippen molar-refractivity contribution in [3.63, 3.8) is 0 Å². The lowest BCUT2D eigenvalue weighted by Gasteiger charge is -2.34. The molecule has 30 heavy (non-hydrogen) atoms. The van der Waals surface area contributed by atoms with Gasteiger partial charge in [-0.15, -0.1) is 0 Å². The molecule has 1 fully saturated rings. The van der Waals surface area contributed by atoms with Gasteiger partial charge in [0.15, 0.2) is 5.65 Å². The van der Waals surface area contributed by atoms with Gasteiger partial charge in [0.2, 0.25) is 0 Å². The predicted octanol–water partition coefficient (Wildman–Crippen LogP) is 3.53. The fourth-order valence-corrected chi connectivity index (χ4v) is 3.90. The van der Waals surface area contributed by atoms with Crippen LogP contribution in [0.15, 0.2) is 73.1 Å². The van der Waals surface area contributed by atoms with Crippen LogP contribution in [0.2, 0.25) is 0 Å². The molecule has 4 aromatic rings. The first-order valence-corrected chi connectivity index (χ1v) is 10.2. The molecule has 0 radical (unpaired) electrons. The third kappa shape index (κ3) is 3.44. The number of anilines is 5. The first-order valence-electron chi connectivity index (χ1n) is 10.2. The SMILES string of the molecule is CN1CCN(c2ccc(N(c3ccc(N)cc3)c3ccnc4ccnn34)cc2)CC1. The zero-order valence-corrected chi connectivity index (χ0v) is 17.0. The Morgan fingerprint density at radius 2 is 1.47 bits per heavy atom. The molecule has 0 spiro atoms. The van der Waals surface area contributed by atoms with Crippen LogP contribution in [-0.4, -0.2) is 52.7 Å². The van der Waals surface area contributed by atoms with Crippen molar-refractivity contribution < 1.29 is 0 Å². The Hall–Kier alpha value is -3.58.